The molecule has 4 rings (SSSR count). The third-order valence-electron chi connectivity index (χ3n) is 6.04. The van der Waals surface area contributed by atoms with E-state index in [9.17, 15) is 9.59 Å². The smallest absolute Gasteiger partial charge is 0.413 e. The maximum Gasteiger partial charge on any atom is 0.413 e. The number of benzene rings is 1. The number of rotatable bonds is 6. The first-order chi connectivity index (χ1) is 15.0. The van der Waals surface area contributed by atoms with E-state index in [0.717, 1.165) is 31.2 Å². The van der Waals surface area contributed by atoms with E-state index < -0.39 is 6.09 Å². The van der Waals surface area contributed by atoms with Crippen LogP contribution in [0.5, 0.6) is 11.6 Å². The molecular weight excluding hydrogens is 394 g/mol. The molecule has 0 aliphatic heterocycles. The molecule has 1 amide bonds. The lowest BCUT2D eigenvalue weighted by atomic mass is 10.1. The van der Waals surface area contributed by atoms with E-state index >= 15 is 0 Å². The van der Waals surface area contributed by atoms with E-state index in [1.165, 1.54) is 18.9 Å². The Morgan fingerprint density at radius 1 is 1.26 bits per heavy atom. The molecule has 1 aliphatic rings. The molecule has 2 heterocycles. The Kier molecular flexibility index (Phi) is 5.93. The van der Waals surface area contributed by atoms with Crippen molar-refractivity contribution in [1.82, 2.24) is 14.9 Å². The van der Waals surface area contributed by atoms with Crippen LogP contribution in [0, 0.1) is 0 Å². The van der Waals surface area contributed by atoms with Crippen molar-refractivity contribution in [2.75, 3.05) is 7.11 Å². The van der Waals surface area contributed by atoms with Crippen molar-refractivity contribution in [1.29, 1.82) is 0 Å². The van der Waals surface area contributed by atoms with Gasteiger partial charge in [0.1, 0.15) is 0 Å². The maximum absolute atomic E-state index is 13.1. The van der Waals surface area contributed by atoms with Gasteiger partial charge >= 0.3 is 6.09 Å². The Morgan fingerprint density at radius 3 is 2.77 bits per heavy atom. The number of carbonyl (C=O) groups is 1. The zero-order chi connectivity index (χ0) is 22.0. The van der Waals surface area contributed by atoms with Gasteiger partial charge in [-0.3, -0.25) is 4.79 Å². The van der Waals surface area contributed by atoms with Crippen LogP contribution in [-0.4, -0.2) is 22.8 Å². The first-order valence-electron chi connectivity index (χ1n) is 10.7. The number of hydrogen-bond donors (Lipinski definition) is 1. The lowest BCUT2D eigenvalue weighted by Crippen LogP contribution is -2.31. The van der Waals surface area contributed by atoms with Gasteiger partial charge in [0.05, 0.1) is 30.1 Å². The quantitative estimate of drug-likeness (QED) is 0.632. The fourth-order valence-electron chi connectivity index (χ4n) is 4.33. The normalized spacial score (nSPS) is 15.2. The van der Waals surface area contributed by atoms with Crippen molar-refractivity contribution in [3.63, 3.8) is 0 Å². The summed E-state index contributed by atoms with van der Waals surface area (Å²) in [5, 5.41) is 3.86. The number of carbonyl (C=O) groups excluding carboxylic acids is 1. The van der Waals surface area contributed by atoms with Crippen LogP contribution >= 0.6 is 0 Å². The number of aromatic nitrogens is 2. The molecule has 1 N–H and O–H groups in total. The highest BCUT2D eigenvalue weighted by Gasteiger charge is 2.25. The number of aryl methyl sites for hydroxylation is 1. The molecule has 0 radical (unpaired) electrons. The van der Waals surface area contributed by atoms with Crippen molar-refractivity contribution in [2.24, 2.45) is 0 Å². The van der Waals surface area contributed by atoms with Gasteiger partial charge in [-0.15, -0.1) is 0 Å². The van der Waals surface area contributed by atoms with Gasteiger partial charge in [0.2, 0.25) is 5.88 Å². The minimum Gasteiger partial charge on any atom is -0.481 e. The van der Waals surface area contributed by atoms with Gasteiger partial charge in [0, 0.05) is 18.3 Å². The van der Waals surface area contributed by atoms with Crippen LogP contribution < -0.4 is 20.3 Å². The number of amides is 1. The second-order valence-electron chi connectivity index (χ2n) is 7.77. The fourth-order valence-corrected chi connectivity index (χ4v) is 4.33. The maximum atomic E-state index is 13.1. The molecule has 0 bridgehead atoms. The third kappa shape index (κ3) is 4.00. The highest BCUT2D eigenvalue weighted by molar-refractivity contribution is 5.89. The number of ether oxygens (including phenoxy) is 2. The highest BCUT2D eigenvalue weighted by Crippen LogP contribution is 2.31. The molecule has 2 aromatic heterocycles. The molecule has 3 aromatic rings. The van der Waals surface area contributed by atoms with Crippen LogP contribution in [0.1, 0.15) is 56.3 Å². The summed E-state index contributed by atoms with van der Waals surface area (Å²) in [6, 6.07) is 9.61. The molecule has 0 fully saturated rings. The van der Waals surface area contributed by atoms with Gasteiger partial charge in [-0.2, -0.15) is 0 Å². The van der Waals surface area contributed by atoms with Gasteiger partial charge in [0.15, 0.2) is 5.75 Å². The minimum atomic E-state index is -0.548. The first-order valence-corrected chi connectivity index (χ1v) is 10.7. The van der Waals surface area contributed by atoms with E-state index in [4.69, 9.17) is 9.47 Å². The number of nitrogens with one attached hydrogen (secondary N) is 1. The first kappa shape index (κ1) is 20.9. The van der Waals surface area contributed by atoms with Crippen LogP contribution in [0.2, 0.25) is 0 Å². The van der Waals surface area contributed by atoms with Crippen molar-refractivity contribution in [3.8, 4) is 11.6 Å². The zero-order valence-electron chi connectivity index (χ0n) is 18.1. The summed E-state index contributed by atoms with van der Waals surface area (Å²) in [4.78, 5) is 30.1. The van der Waals surface area contributed by atoms with Gasteiger partial charge in [-0.1, -0.05) is 38.1 Å². The molecule has 162 valence electrons. The Labute approximate surface area is 181 Å². The minimum absolute atomic E-state index is 0.00294. The number of fused-ring (bicyclic) bond motifs is 2. The van der Waals surface area contributed by atoms with Crippen molar-refractivity contribution < 1.29 is 14.3 Å². The summed E-state index contributed by atoms with van der Waals surface area (Å²) in [5.74, 6) is 0.644. The summed E-state index contributed by atoms with van der Waals surface area (Å²) < 4.78 is 12.6. The predicted molar refractivity (Wildman–Crippen MR) is 119 cm³/mol. The van der Waals surface area contributed by atoms with E-state index in [2.05, 4.69) is 16.4 Å². The average molecular weight is 421 g/mol. The van der Waals surface area contributed by atoms with Crippen molar-refractivity contribution >= 4 is 16.9 Å². The lowest BCUT2D eigenvalue weighted by Gasteiger charge is -2.20. The van der Waals surface area contributed by atoms with E-state index in [-0.39, 0.29) is 17.6 Å². The van der Waals surface area contributed by atoms with Crippen molar-refractivity contribution in [2.45, 2.75) is 51.6 Å². The van der Waals surface area contributed by atoms with E-state index in [1.54, 1.807) is 16.8 Å². The molecule has 0 unspecified atom stereocenters. The zero-order valence-corrected chi connectivity index (χ0v) is 18.1. The lowest BCUT2D eigenvalue weighted by molar-refractivity contribution is 0.196. The highest BCUT2D eigenvalue weighted by atomic mass is 16.6. The SMILES string of the molecule is CCC(CC)n1cc(OC(=O)N[C@H]2CCc3ccccc32)c2cnc(OC)cc2c1=O. The van der Waals surface area contributed by atoms with Crippen LogP contribution in [0.25, 0.3) is 10.8 Å². The molecule has 0 spiro atoms. The van der Waals surface area contributed by atoms with Crippen LogP contribution in [0.3, 0.4) is 0 Å². The standard InChI is InChI=1S/C24H27N3O4/c1-4-16(5-2)27-14-21(19-13-25-22(30-3)12-18(19)23(27)28)31-24(29)26-20-11-10-15-8-6-7-9-17(15)20/h6-9,12-14,16,20H,4-5,10-11H2,1-3H3,(H,26,29)/t20-/m0/s1. The molecular formula is C24H27N3O4. The third-order valence-corrected chi connectivity index (χ3v) is 6.04. The van der Waals surface area contributed by atoms with E-state index in [1.807, 2.05) is 32.0 Å². The summed E-state index contributed by atoms with van der Waals surface area (Å²) in [7, 11) is 1.50. The van der Waals surface area contributed by atoms with Gasteiger partial charge in [-0.25, -0.2) is 9.78 Å². The Hall–Kier alpha value is -3.35. The van der Waals surface area contributed by atoms with Gasteiger partial charge in [0.25, 0.3) is 5.56 Å². The Morgan fingerprint density at radius 2 is 2.03 bits per heavy atom. The number of hydrogen-bond acceptors (Lipinski definition) is 5. The van der Waals surface area contributed by atoms with Crippen LogP contribution in [0.15, 0.2) is 47.5 Å². The number of nitrogens with zero attached hydrogens (tertiary/aromatic N) is 2. The molecule has 0 saturated heterocycles. The van der Waals surface area contributed by atoms with Crippen LogP contribution in [0.4, 0.5) is 4.79 Å². The molecule has 1 aliphatic carbocycles. The summed E-state index contributed by atoms with van der Waals surface area (Å²) in [6.07, 6.45) is 5.92. The molecule has 31 heavy (non-hydrogen) atoms. The summed E-state index contributed by atoms with van der Waals surface area (Å²) >= 11 is 0. The van der Waals surface area contributed by atoms with Gasteiger partial charge < -0.3 is 19.4 Å². The molecule has 0 saturated carbocycles. The molecule has 1 aromatic carbocycles. The average Bonchev–Trinajstić information content (AvgIpc) is 3.19. The molecule has 7 heteroatoms. The monoisotopic (exact) mass is 421 g/mol. The number of pyridine rings is 2. The predicted octanol–water partition coefficient (Wildman–Crippen LogP) is 4.54. The number of methoxy groups -OCH3 is 1. The van der Waals surface area contributed by atoms with Crippen LogP contribution in [-0.2, 0) is 6.42 Å². The fraction of sp³-hybridized carbons (Fsp3) is 0.375. The Balaban J connectivity index is 1.68. The summed E-state index contributed by atoms with van der Waals surface area (Å²) in [5.41, 5.74) is 2.22. The largest absolute Gasteiger partial charge is 0.481 e. The van der Waals surface area contributed by atoms with Gasteiger partial charge in [-0.05, 0) is 36.8 Å². The second kappa shape index (κ2) is 8.79. The second-order valence-corrected chi connectivity index (χ2v) is 7.77. The Bertz CT molecular complexity index is 1170. The molecule has 1 atom stereocenters. The van der Waals surface area contributed by atoms with E-state index in [0.29, 0.717) is 22.4 Å². The van der Waals surface area contributed by atoms with Crippen molar-refractivity contribution in [3.05, 3.63) is 64.2 Å². The summed E-state index contributed by atoms with van der Waals surface area (Å²) in [6.45, 7) is 4.06. The molecule has 7 nitrogen and oxygen atoms in total. The topological polar surface area (TPSA) is 82.4 Å².